The molecule has 1 heterocycles. The van der Waals surface area contributed by atoms with Crippen LogP contribution in [0.2, 0.25) is 0 Å². The van der Waals surface area contributed by atoms with Gasteiger partial charge in [-0.05, 0) is 28.5 Å². The van der Waals surface area contributed by atoms with Crippen LogP contribution in [0.15, 0.2) is 29.1 Å². The van der Waals surface area contributed by atoms with Crippen molar-refractivity contribution >= 4 is 10.8 Å². The smallest absolute Gasteiger partial charge is 0.256 e. The molecule has 3 heteroatoms. The third-order valence-corrected chi connectivity index (χ3v) is 2.99. The molecule has 0 fully saturated rings. The van der Waals surface area contributed by atoms with Gasteiger partial charge in [0, 0.05) is 17.6 Å². The summed E-state index contributed by atoms with van der Waals surface area (Å²) in [5.74, 6) is 0. The molecule has 1 aromatic heterocycles. The molecule has 0 atom stereocenters. The van der Waals surface area contributed by atoms with Crippen molar-refractivity contribution in [2.45, 2.75) is 32.7 Å². The topological polar surface area (TPSA) is 58.9 Å². The van der Waals surface area contributed by atoms with Crippen molar-refractivity contribution in [1.82, 2.24) is 4.98 Å². The Morgan fingerprint density at radius 2 is 1.94 bits per heavy atom. The Morgan fingerprint density at radius 1 is 1.24 bits per heavy atom. The molecule has 0 saturated carbocycles. The normalized spacial score (nSPS) is 12.0. The van der Waals surface area contributed by atoms with Crippen LogP contribution in [0.5, 0.6) is 0 Å². The van der Waals surface area contributed by atoms with Crippen molar-refractivity contribution in [3.05, 3.63) is 45.9 Å². The summed E-state index contributed by atoms with van der Waals surface area (Å²) in [7, 11) is 0. The van der Waals surface area contributed by atoms with Crippen LogP contribution >= 0.6 is 0 Å². The van der Waals surface area contributed by atoms with Gasteiger partial charge in [-0.3, -0.25) is 4.79 Å². The second-order valence-electron chi connectivity index (χ2n) is 5.38. The van der Waals surface area contributed by atoms with E-state index in [0.29, 0.717) is 6.54 Å². The molecule has 0 aliphatic carbocycles. The monoisotopic (exact) mass is 230 g/mol. The number of pyridine rings is 1. The van der Waals surface area contributed by atoms with E-state index in [1.54, 1.807) is 0 Å². The predicted octanol–water partition coefficient (Wildman–Crippen LogP) is 2.28. The Hall–Kier alpha value is -1.61. The lowest BCUT2D eigenvalue weighted by molar-refractivity contribution is 0.591. The number of nitrogens with two attached hydrogens (primary N) is 1. The second-order valence-corrected chi connectivity index (χ2v) is 5.38. The zero-order chi connectivity index (χ0) is 12.6. The summed E-state index contributed by atoms with van der Waals surface area (Å²) in [6.07, 6.45) is 0. The van der Waals surface area contributed by atoms with Crippen LogP contribution < -0.4 is 11.3 Å². The Kier molecular flexibility index (Phi) is 2.79. The SMILES string of the molecule is CC(C)(C)c1ccc2cc(CN)[nH]c(=O)c2c1. The minimum absolute atomic E-state index is 0.0488. The first-order chi connectivity index (χ1) is 7.91. The number of fused-ring (bicyclic) bond motifs is 1. The summed E-state index contributed by atoms with van der Waals surface area (Å²) in [4.78, 5) is 14.7. The van der Waals surface area contributed by atoms with Gasteiger partial charge < -0.3 is 10.7 Å². The highest BCUT2D eigenvalue weighted by Gasteiger charge is 2.14. The maximum absolute atomic E-state index is 11.9. The molecule has 0 unspecified atom stereocenters. The zero-order valence-corrected chi connectivity index (χ0v) is 10.5. The number of H-pyrrole nitrogens is 1. The van der Waals surface area contributed by atoms with Gasteiger partial charge in [0.15, 0.2) is 0 Å². The number of benzene rings is 1. The number of nitrogens with one attached hydrogen (secondary N) is 1. The van der Waals surface area contributed by atoms with Gasteiger partial charge in [-0.15, -0.1) is 0 Å². The van der Waals surface area contributed by atoms with Gasteiger partial charge >= 0.3 is 0 Å². The van der Waals surface area contributed by atoms with Crippen LogP contribution in [0.1, 0.15) is 32.0 Å². The molecule has 2 aromatic rings. The fraction of sp³-hybridized carbons (Fsp3) is 0.357. The van der Waals surface area contributed by atoms with Crippen LogP contribution in [-0.4, -0.2) is 4.98 Å². The number of hydrogen-bond acceptors (Lipinski definition) is 2. The molecule has 17 heavy (non-hydrogen) atoms. The van der Waals surface area contributed by atoms with Crippen molar-refractivity contribution in [1.29, 1.82) is 0 Å². The van der Waals surface area contributed by atoms with E-state index in [1.165, 1.54) is 0 Å². The van der Waals surface area contributed by atoms with Crippen molar-refractivity contribution < 1.29 is 0 Å². The fourth-order valence-electron chi connectivity index (χ4n) is 1.89. The van der Waals surface area contributed by atoms with Gasteiger partial charge in [0.2, 0.25) is 0 Å². The summed E-state index contributed by atoms with van der Waals surface area (Å²) in [5.41, 5.74) is 7.46. The van der Waals surface area contributed by atoms with Gasteiger partial charge in [-0.1, -0.05) is 32.9 Å². The molecular weight excluding hydrogens is 212 g/mol. The van der Waals surface area contributed by atoms with Crippen LogP contribution in [0.4, 0.5) is 0 Å². The summed E-state index contributed by atoms with van der Waals surface area (Å²) in [6, 6.07) is 7.96. The van der Waals surface area contributed by atoms with Gasteiger partial charge in [0.1, 0.15) is 0 Å². The molecular formula is C14H18N2O. The number of aromatic nitrogens is 1. The molecule has 0 saturated heterocycles. The highest BCUT2D eigenvalue weighted by molar-refractivity contribution is 5.82. The minimum Gasteiger partial charge on any atom is -0.325 e. The largest absolute Gasteiger partial charge is 0.325 e. The summed E-state index contributed by atoms with van der Waals surface area (Å²) < 4.78 is 0. The second kappa shape index (κ2) is 4.00. The predicted molar refractivity (Wildman–Crippen MR) is 71.2 cm³/mol. The Balaban J connectivity index is 2.71. The summed E-state index contributed by atoms with van der Waals surface area (Å²) >= 11 is 0. The van der Waals surface area contributed by atoms with E-state index in [4.69, 9.17) is 5.73 Å². The van der Waals surface area contributed by atoms with E-state index in [-0.39, 0.29) is 11.0 Å². The van der Waals surface area contributed by atoms with E-state index in [2.05, 4.69) is 31.8 Å². The van der Waals surface area contributed by atoms with E-state index in [0.717, 1.165) is 22.0 Å². The Labute approximate surface area is 101 Å². The Bertz CT molecular complexity index is 606. The average Bonchev–Trinajstić information content (AvgIpc) is 2.27. The lowest BCUT2D eigenvalue weighted by Crippen LogP contribution is -2.15. The average molecular weight is 230 g/mol. The number of aromatic amines is 1. The fourth-order valence-corrected chi connectivity index (χ4v) is 1.89. The number of rotatable bonds is 1. The molecule has 0 radical (unpaired) electrons. The number of hydrogen-bond donors (Lipinski definition) is 2. The highest BCUT2D eigenvalue weighted by Crippen LogP contribution is 2.24. The van der Waals surface area contributed by atoms with Crippen molar-refractivity contribution in [3.63, 3.8) is 0 Å². The van der Waals surface area contributed by atoms with Crippen LogP contribution in [0, 0.1) is 0 Å². The quantitative estimate of drug-likeness (QED) is 0.789. The lowest BCUT2D eigenvalue weighted by atomic mass is 9.86. The van der Waals surface area contributed by atoms with E-state index >= 15 is 0 Å². The first kappa shape index (κ1) is 11.9. The molecule has 0 bridgehead atoms. The Morgan fingerprint density at radius 3 is 2.53 bits per heavy atom. The minimum atomic E-state index is -0.0611. The van der Waals surface area contributed by atoms with E-state index in [1.807, 2.05) is 18.2 Å². The summed E-state index contributed by atoms with van der Waals surface area (Å²) in [6.45, 7) is 6.76. The third-order valence-electron chi connectivity index (χ3n) is 2.99. The van der Waals surface area contributed by atoms with Crippen LogP contribution in [0.25, 0.3) is 10.8 Å². The molecule has 0 aliphatic rings. The molecule has 90 valence electrons. The van der Waals surface area contributed by atoms with Gasteiger partial charge in [-0.25, -0.2) is 0 Å². The molecule has 3 nitrogen and oxygen atoms in total. The van der Waals surface area contributed by atoms with Crippen molar-refractivity contribution in [2.24, 2.45) is 5.73 Å². The molecule has 0 aliphatic heterocycles. The lowest BCUT2D eigenvalue weighted by Gasteiger charge is -2.19. The first-order valence-electron chi connectivity index (χ1n) is 5.78. The van der Waals surface area contributed by atoms with Gasteiger partial charge in [0.25, 0.3) is 5.56 Å². The molecule has 0 amide bonds. The van der Waals surface area contributed by atoms with Crippen molar-refractivity contribution in [3.8, 4) is 0 Å². The maximum Gasteiger partial charge on any atom is 0.256 e. The first-order valence-corrected chi connectivity index (χ1v) is 5.78. The van der Waals surface area contributed by atoms with E-state index < -0.39 is 0 Å². The van der Waals surface area contributed by atoms with Gasteiger partial charge in [0.05, 0.1) is 0 Å². The third kappa shape index (κ3) is 2.24. The molecule has 3 N–H and O–H groups in total. The van der Waals surface area contributed by atoms with Crippen LogP contribution in [0.3, 0.4) is 0 Å². The van der Waals surface area contributed by atoms with Crippen molar-refractivity contribution in [2.75, 3.05) is 0 Å². The zero-order valence-electron chi connectivity index (χ0n) is 10.5. The van der Waals surface area contributed by atoms with Gasteiger partial charge in [-0.2, -0.15) is 0 Å². The molecule has 2 rings (SSSR count). The molecule has 0 spiro atoms. The molecule has 1 aromatic carbocycles. The highest BCUT2D eigenvalue weighted by atomic mass is 16.1. The summed E-state index contributed by atoms with van der Waals surface area (Å²) in [5, 5.41) is 1.68. The van der Waals surface area contributed by atoms with E-state index in [9.17, 15) is 4.79 Å². The standard InChI is InChI=1S/C14H18N2O/c1-14(2,3)10-5-4-9-6-11(8-15)16-13(17)12(9)7-10/h4-7H,8,15H2,1-3H3,(H,16,17). The maximum atomic E-state index is 11.9. The van der Waals surface area contributed by atoms with Crippen LogP contribution in [-0.2, 0) is 12.0 Å².